The summed E-state index contributed by atoms with van der Waals surface area (Å²) in [4.78, 5) is 18.7. The predicted octanol–water partition coefficient (Wildman–Crippen LogP) is 5.03. The number of carboxylic acids is 1. The van der Waals surface area contributed by atoms with Crippen molar-refractivity contribution in [3.63, 3.8) is 0 Å². The number of rotatable bonds is 7. The number of aromatic carboxylic acids is 1. The van der Waals surface area contributed by atoms with Crippen molar-refractivity contribution in [1.82, 2.24) is 14.5 Å². The van der Waals surface area contributed by atoms with Crippen molar-refractivity contribution >= 4 is 16.9 Å². The maximum atomic E-state index is 12.0. The third-order valence-electron chi connectivity index (χ3n) is 5.95. The number of benzene rings is 2. The molecule has 0 radical (unpaired) electrons. The second kappa shape index (κ2) is 8.85. The number of fused-ring (bicyclic) bond motifs is 1. The Morgan fingerprint density at radius 2 is 1.81 bits per heavy atom. The van der Waals surface area contributed by atoms with Crippen molar-refractivity contribution in [3.8, 4) is 28.0 Å². The van der Waals surface area contributed by atoms with Gasteiger partial charge in [-0.25, -0.2) is 4.79 Å². The Balaban J connectivity index is 1.87. The second-order valence-electron chi connectivity index (χ2n) is 8.20. The molecule has 6 nitrogen and oxygen atoms in total. The molecule has 0 saturated carbocycles. The molecule has 0 amide bonds. The van der Waals surface area contributed by atoms with Crippen LogP contribution in [0.1, 0.15) is 17.3 Å². The first kappa shape index (κ1) is 21.6. The van der Waals surface area contributed by atoms with Gasteiger partial charge in [0.15, 0.2) is 0 Å². The molecule has 4 aromatic rings. The first-order valence-corrected chi connectivity index (χ1v) is 10.5. The second-order valence-corrected chi connectivity index (χ2v) is 8.20. The zero-order chi connectivity index (χ0) is 22.8. The molecule has 4 rings (SSSR count). The number of pyridine rings is 1. The predicted molar refractivity (Wildman–Crippen MR) is 127 cm³/mol. The molecule has 1 N–H and O–H groups in total. The monoisotopic (exact) mass is 429 g/mol. The smallest absolute Gasteiger partial charge is 0.336 e. The van der Waals surface area contributed by atoms with Gasteiger partial charge in [-0.05, 0) is 56.9 Å². The number of nitrogens with zero attached hydrogens (tertiary/aromatic N) is 3. The molecular weight excluding hydrogens is 402 g/mol. The third-order valence-corrected chi connectivity index (χ3v) is 5.95. The summed E-state index contributed by atoms with van der Waals surface area (Å²) in [5.41, 5.74) is 4.93. The van der Waals surface area contributed by atoms with Gasteiger partial charge in [0.05, 0.1) is 12.7 Å². The molecule has 0 fully saturated rings. The third kappa shape index (κ3) is 4.09. The first-order valence-electron chi connectivity index (χ1n) is 10.5. The molecule has 0 aliphatic carbocycles. The topological polar surface area (TPSA) is 67.6 Å². The van der Waals surface area contributed by atoms with Gasteiger partial charge in [0.2, 0.25) is 0 Å². The van der Waals surface area contributed by atoms with Crippen molar-refractivity contribution in [2.45, 2.75) is 19.5 Å². The molecule has 2 aromatic heterocycles. The summed E-state index contributed by atoms with van der Waals surface area (Å²) < 4.78 is 7.40. The van der Waals surface area contributed by atoms with Crippen LogP contribution < -0.4 is 4.74 Å². The van der Waals surface area contributed by atoms with E-state index in [0.717, 1.165) is 45.5 Å². The minimum atomic E-state index is -0.936. The lowest BCUT2D eigenvalue weighted by atomic mass is 9.99. The highest BCUT2D eigenvalue weighted by Gasteiger charge is 2.19. The van der Waals surface area contributed by atoms with Gasteiger partial charge < -0.3 is 19.3 Å². The van der Waals surface area contributed by atoms with Crippen molar-refractivity contribution in [3.05, 3.63) is 72.7 Å². The molecule has 0 bridgehead atoms. The summed E-state index contributed by atoms with van der Waals surface area (Å²) >= 11 is 0. The van der Waals surface area contributed by atoms with E-state index in [2.05, 4.69) is 27.4 Å². The highest BCUT2D eigenvalue weighted by Crippen LogP contribution is 2.35. The average molecular weight is 430 g/mol. The molecule has 2 aromatic carbocycles. The van der Waals surface area contributed by atoms with Crippen molar-refractivity contribution in [1.29, 1.82) is 0 Å². The molecule has 0 aliphatic heterocycles. The standard InChI is InChI=1S/C26H27N3O3/c1-17(28(2)3)15-29-16-23(25-22(26(30)31)6-5-7-24(25)29)20-12-19(13-27-14-20)18-8-10-21(32-4)11-9-18/h5-14,16-17H,15H2,1-4H3,(H,30,31). The minimum Gasteiger partial charge on any atom is -0.497 e. The minimum absolute atomic E-state index is 0.288. The van der Waals surface area contributed by atoms with E-state index in [1.54, 1.807) is 25.4 Å². The molecule has 2 heterocycles. The average Bonchev–Trinajstić information content (AvgIpc) is 3.17. The van der Waals surface area contributed by atoms with Crippen LogP contribution in [0.4, 0.5) is 0 Å². The number of ether oxygens (including phenoxy) is 1. The number of hydrogen-bond acceptors (Lipinski definition) is 4. The fourth-order valence-corrected chi connectivity index (χ4v) is 3.88. The van der Waals surface area contributed by atoms with Crippen LogP contribution >= 0.6 is 0 Å². The van der Waals surface area contributed by atoms with E-state index in [-0.39, 0.29) is 6.04 Å². The fourth-order valence-electron chi connectivity index (χ4n) is 3.88. The van der Waals surface area contributed by atoms with E-state index in [9.17, 15) is 9.90 Å². The van der Waals surface area contributed by atoms with Gasteiger partial charge in [0.1, 0.15) is 5.75 Å². The van der Waals surface area contributed by atoms with Gasteiger partial charge >= 0.3 is 5.97 Å². The number of aromatic nitrogens is 2. The molecule has 0 aliphatic rings. The zero-order valence-electron chi connectivity index (χ0n) is 18.7. The van der Waals surface area contributed by atoms with Crippen LogP contribution in [-0.4, -0.2) is 52.8 Å². The van der Waals surface area contributed by atoms with E-state index in [4.69, 9.17) is 4.74 Å². The van der Waals surface area contributed by atoms with Gasteiger partial charge in [-0.1, -0.05) is 18.2 Å². The SMILES string of the molecule is COc1ccc(-c2cncc(-c3cn(CC(C)N(C)C)c4cccc(C(=O)O)c34)c2)cc1. The Kier molecular flexibility index (Phi) is 5.97. The Morgan fingerprint density at radius 3 is 2.47 bits per heavy atom. The first-order chi connectivity index (χ1) is 15.4. The van der Waals surface area contributed by atoms with Crippen LogP contribution in [0.2, 0.25) is 0 Å². The Labute approximate surface area is 187 Å². The van der Waals surface area contributed by atoms with E-state index < -0.39 is 5.97 Å². The van der Waals surface area contributed by atoms with Crippen LogP contribution in [0.3, 0.4) is 0 Å². The molecule has 164 valence electrons. The van der Waals surface area contributed by atoms with E-state index in [1.165, 1.54) is 0 Å². The Hall–Kier alpha value is -3.64. The number of carbonyl (C=O) groups is 1. The highest BCUT2D eigenvalue weighted by atomic mass is 16.5. The summed E-state index contributed by atoms with van der Waals surface area (Å²) in [7, 11) is 5.73. The summed E-state index contributed by atoms with van der Waals surface area (Å²) in [6.07, 6.45) is 5.66. The Bertz CT molecular complexity index is 1260. The van der Waals surface area contributed by atoms with Crippen LogP contribution in [-0.2, 0) is 6.54 Å². The summed E-state index contributed by atoms with van der Waals surface area (Å²) in [5.74, 6) is -0.142. The maximum Gasteiger partial charge on any atom is 0.336 e. The van der Waals surface area contributed by atoms with Gasteiger partial charge in [-0.2, -0.15) is 0 Å². The largest absolute Gasteiger partial charge is 0.497 e. The molecule has 32 heavy (non-hydrogen) atoms. The van der Waals surface area contributed by atoms with E-state index in [1.807, 2.05) is 56.8 Å². The van der Waals surface area contributed by atoms with Crippen LogP contribution in [0.25, 0.3) is 33.2 Å². The van der Waals surface area contributed by atoms with E-state index in [0.29, 0.717) is 5.56 Å². The van der Waals surface area contributed by atoms with Gasteiger partial charge in [0, 0.05) is 58.8 Å². The van der Waals surface area contributed by atoms with E-state index >= 15 is 0 Å². The van der Waals surface area contributed by atoms with Crippen molar-refractivity contribution in [2.24, 2.45) is 0 Å². The van der Waals surface area contributed by atoms with Crippen LogP contribution in [0.5, 0.6) is 5.75 Å². The summed E-state index contributed by atoms with van der Waals surface area (Å²) in [5, 5.41) is 10.6. The highest BCUT2D eigenvalue weighted by molar-refractivity contribution is 6.09. The number of hydrogen-bond donors (Lipinski definition) is 1. The van der Waals surface area contributed by atoms with Crippen molar-refractivity contribution in [2.75, 3.05) is 21.2 Å². The van der Waals surface area contributed by atoms with Crippen LogP contribution in [0.15, 0.2) is 67.1 Å². The lowest BCUT2D eigenvalue weighted by Crippen LogP contribution is -2.28. The molecule has 0 spiro atoms. The van der Waals surface area contributed by atoms with Gasteiger partial charge in [0.25, 0.3) is 0 Å². The maximum absolute atomic E-state index is 12.0. The summed E-state index contributed by atoms with van der Waals surface area (Å²) in [6.45, 7) is 2.90. The molecule has 0 saturated heterocycles. The fraction of sp³-hybridized carbons (Fsp3) is 0.231. The number of likely N-dealkylation sites (N-methyl/N-ethyl adjacent to an activating group) is 1. The lowest BCUT2D eigenvalue weighted by Gasteiger charge is -2.20. The van der Waals surface area contributed by atoms with Crippen molar-refractivity contribution < 1.29 is 14.6 Å². The van der Waals surface area contributed by atoms with Gasteiger partial charge in [-0.3, -0.25) is 4.98 Å². The molecular formula is C26H27N3O3. The van der Waals surface area contributed by atoms with Crippen LogP contribution in [0, 0.1) is 0 Å². The Morgan fingerprint density at radius 1 is 1.09 bits per heavy atom. The lowest BCUT2D eigenvalue weighted by molar-refractivity contribution is 0.0699. The number of methoxy groups -OCH3 is 1. The number of carboxylic acid groups (broad SMARTS) is 1. The zero-order valence-corrected chi connectivity index (χ0v) is 18.7. The summed E-state index contributed by atoms with van der Waals surface area (Å²) in [6, 6.07) is 15.6. The molecule has 6 heteroatoms. The quantitative estimate of drug-likeness (QED) is 0.446. The van der Waals surface area contributed by atoms with Gasteiger partial charge in [-0.15, -0.1) is 0 Å². The normalized spacial score (nSPS) is 12.3. The molecule has 1 atom stereocenters. The molecule has 1 unspecified atom stereocenters.